The number of sulfonamides is 1. The van der Waals surface area contributed by atoms with Gasteiger partial charge < -0.3 is 19.5 Å². The van der Waals surface area contributed by atoms with Crippen molar-refractivity contribution in [3.63, 3.8) is 0 Å². The summed E-state index contributed by atoms with van der Waals surface area (Å²) >= 11 is 0. The molecule has 0 bridgehead atoms. The Morgan fingerprint density at radius 3 is 2.03 bits per heavy atom. The van der Waals surface area contributed by atoms with Crippen molar-refractivity contribution in [1.82, 2.24) is 0 Å². The fraction of sp³-hybridized carbons (Fsp3) is 0.200. The average Bonchev–Trinajstić information content (AvgIpc) is 2.84. The second-order valence-corrected chi connectivity index (χ2v) is 9.33. The Hall–Kier alpha value is -4.05. The highest BCUT2D eigenvalue weighted by molar-refractivity contribution is 7.92. The molecule has 0 saturated carbocycles. The van der Waals surface area contributed by atoms with E-state index in [1.807, 2.05) is 6.92 Å². The van der Waals surface area contributed by atoms with E-state index in [-0.39, 0.29) is 33.1 Å². The van der Waals surface area contributed by atoms with Gasteiger partial charge in [0, 0.05) is 17.7 Å². The van der Waals surface area contributed by atoms with E-state index in [1.54, 1.807) is 31.2 Å². The molecule has 0 saturated heterocycles. The third-order valence-corrected chi connectivity index (χ3v) is 6.63. The molecule has 1 amide bonds. The lowest BCUT2D eigenvalue weighted by Crippen LogP contribution is -2.17. The van der Waals surface area contributed by atoms with E-state index >= 15 is 0 Å². The molecule has 0 heterocycles. The fourth-order valence-corrected chi connectivity index (χ4v) is 4.37. The number of hydrogen-bond acceptors (Lipinski definition) is 7. The summed E-state index contributed by atoms with van der Waals surface area (Å²) in [6.07, 6.45) is 0. The van der Waals surface area contributed by atoms with Crippen LogP contribution in [0.15, 0.2) is 59.5 Å². The molecule has 0 atom stereocenters. The van der Waals surface area contributed by atoms with E-state index in [1.165, 1.54) is 51.7 Å². The highest BCUT2D eigenvalue weighted by Gasteiger charge is 2.21. The van der Waals surface area contributed by atoms with E-state index in [2.05, 4.69) is 10.0 Å². The Bertz CT molecular complexity index is 1370. The molecule has 3 aromatic rings. The molecule has 0 aliphatic heterocycles. The lowest BCUT2D eigenvalue weighted by molar-refractivity contribution is 0.0601. The Morgan fingerprint density at radius 1 is 0.800 bits per heavy atom. The molecule has 0 spiro atoms. The van der Waals surface area contributed by atoms with E-state index in [9.17, 15) is 18.0 Å². The number of hydrogen-bond donors (Lipinski definition) is 2. The number of esters is 1. The third-order valence-electron chi connectivity index (χ3n) is 5.25. The summed E-state index contributed by atoms with van der Waals surface area (Å²) in [5.41, 5.74) is 2.17. The Kier molecular flexibility index (Phi) is 7.65. The van der Waals surface area contributed by atoms with Gasteiger partial charge in [0.05, 0.1) is 43.2 Å². The zero-order valence-electron chi connectivity index (χ0n) is 20.0. The van der Waals surface area contributed by atoms with Gasteiger partial charge in [-0.15, -0.1) is 0 Å². The fourth-order valence-electron chi connectivity index (χ4n) is 3.25. The van der Waals surface area contributed by atoms with Crippen molar-refractivity contribution in [1.29, 1.82) is 0 Å². The smallest absolute Gasteiger partial charge is 0.340 e. The second kappa shape index (κ2) is 10.5. The first-order valence-corrected chi connectivity index (χ1v) is 11.9. The number of benzene rings is 3. The van der Waals surface area contributed by atoms with Crippen molar-refractivity contribution >= 4 is 33.3 Å². The van der Waals surface area contributed by atoms with Crippen LogP contribution in [-0.4, -0.2) is 41.6 Å². The zero-order chi connectivity index (χ0) is 25.8. The normalized spacial score (nSPS) is 10.9. The van der Waals surface area contributed by atoms with Gasteiger partial charge in [-0.25, -0.2) is 13.2 Å². The van der Waals surface area contributed by atoms with Crippen LogP contribution in [-0.2, 0) is 14.8 Å². The first-order valence-electron chi connectivity index (χ1n) is 10.5. The van der Waals surface area contributed by atoms with Crippen LogP contribution in [0.3, 0.4) is 0 Å². The molecule has 0 aliphatic carbocycles. The van der Waals surface area contributed by atoms with Crippen molar-refractivity contribution in [2.75, 3.05) is 31.4 Å². The number of nitrogens with one attached hydrogen (secondary N) is 2. The molecule has 184 valence electrons. The number of aryl methyl sites for hydroxylation is 2. The summed E-state index contributed by atoms with van der Waals surface area (Å²) in [5.74, 6) is -0.671. The SMILES string of the molecule is COC(=O)c1cc(OC)c(OC)cc1NC(=O)c1ccc(C)c(NS(=O)(=O)c2ccc(C)cc2)c1. The molecular formula is C25H26N2O7S. The van der Waals surface area contributed by atoms with Crippen molar-refractivity contribution < 1.29 is 32.2 Å². The van der Waals surface area contributed by atoms with Crippen molar-refractivity contribution in [2.24, 2.45) is 0 Å². The number of anilines is 2. The summed E-state index contributed by atoms with van der Waals surface area (Å²) < 4.78 is 43.5. The number of carbonyl (C=O) groups excluding carboxylic acids is 2. The first-order chi connectivity index (χ1) is 16.6. The van der Waals surface area contributed by atoms with Crippen LogP contribution in [0.1, 0.15) is 31.8 Å². The molecule has 0 unspecified atom stereocenters. The highest BCUT2D eigenvalue weighted by Crippen LogP contribution is 2.34. The number of ether oxygens (including phenoxy) is 3. The van der Waals surface area contributed by atoms with Crippen LogP contribution in [0.2, 0.25) is 0 Å². The minimum Gasteiger partial charge on any atom is -0.493 e. The van der Waals surface area contributed by atoms with Crippen LogP contribution < -0.4 is 19.5 Å². The van der Waals surface area contributed by atoms with Crippen LogP contribution in [0.25, 0.3) is 0 Å². The summed E-state index contributed by atoms with van der Waals surface area (Å²) in [5, 5.41) is 2.66. The summed E-state index contributed by atoms with van der Waals surface area (Å²) in [4.78, 5) is 25.4. The number of methoxy groups -OCH3 is 3. The van der Waals surface area contributed by atoms with E-state index < -0.39 is 21.9 Å². The van der Waals surface area contributed by atoms with Crippen LogP contribution in [0.5, 0.6) is 11.5 Å². The zero-order valence-corrected chi connectivity index (χ0v) is 20.8. The molecule has 0 radical (unpaired) electrons. The molecule has 3 aromatic carbocycles. The van der Waals surface area contributed by atoms with Gasteiger partial charge in [0.1, 0.15) is 0 Å². The minimum atomic E-state index is -3.87. The molecule has 0 aromatic heterocycles. The third kappa shape index (κ3) is 5.72. The first kappa shape index (κ1) is 25.6. The van der Waals surface area contributed by atoms with Gasteiger partial charge in [0.25, 0.3) is 15.9 Å². The van der Waals surface area contributed by atoms with Crippen molar-refractivity contribution in [3.05, 3.63) is 76.9 Å². The summed E-state index contributed by atoms with van der Waals surface area (Å²) in [6.45, 7) is 3.58. The maximum absolute atomic E-state index is 13.1. The maximum Gasteiger partial charge on any atom is 0.340 e. The molecule has 10 heteroatoms. The van der Waals surface area contributed by atoms with Gasteiger partial charge in [0.15, 0.2) is 11.5 Å². The number of amides is 1. The van der Waals surface area contributed by atoms with E-state index in [0.29, 0.717) is 11.3 Å². The average molecular weight is 499 g/mol. The van der Waals surface area contributed by atoms with Crippen molar-refractivity contribution in [3.8, 4) is 11.5 Å². The van der Waals surface area contributed by atoms with Gasteiger partial charge >= 0.3 is 5.97 Å². The molecule has 0 fully saturated rings. The highest BCUT2D eigenvalue weighted by atomic mass is 32.2. The summed E-state index contributed by atoms with van der Waals surface area (Å²) in [7, 11) is 0.198. The van der Waals surface area contributed by atoms with Gasteiger partial charge in [-0.05, 0) is 43.7 Å². The molecule has 35 heavy (non-hydrogen) atoms. The van der Waals surface area contributed by atoms with Gasteiger partial charge in [-0.1, -0.05) is 23.8 Å². The minimum absolute atomic E-state index is 0.0610. The van der Waals surface area contributed by atoms with Gasteiger partial charge in [0.2, 0.25) is 0 Å². The Labute approximate surface area is 204 Å². The molecule has 9 nitrogen and oxygen atoms in total. The standard InChI is InChI=1S/C25H26N2O7S/c1-15-6-10-18(11-7-15)35(30,31)27-20-12-17(9-8-16(20)2)24(28)26-21-14-23(33-4)22(32-3)13-19(21)25(29)34-5/h6-14,27H,1-5H3,(H,26,28). The second-order valence-electron chi connectivity index (χ2n) is 7.65. The predicted octanol–water partition coefficient (Wildman–Crippen LogP) is 4.16. The number of carbonyl (C=O) groups is 2. The van der Waals surface area contributed by atoms with Crippen LogP contribution in [0, 0.1) is 13.8 Å². The molecule has 3 rings (SSSR count). The van der Waals surface area contributed by atoms with Gasteiger partial charge in [-0.2, -0.15) is 0 Å². The van der Waals surface area contributed by atoms with Crippen LogP contribution in [0.4, 0.5) is 11.4 Å². The Balaban J connectivity index is 1.93. The largest absolute Gasteiger partial charge is 0.493 e. The predicted molar refractivity (Wildman–Crippen MR) is 132 cm³/mol. The molecular weight excluding hydrogens is 472 g/mol. The Morgan fingerprint density at radius 2 is 1.43 bits per heavy atom. The summed E-state index contributed by atoms with van der Waals surface area (Å²) in [6, 6.07) is 13.9. The monoisotopic (exact) mass is 498 g/mol. The van der Waals surface area contributed by atoms with Crippen LogP contribution >= 0.6 is 0 Å². The molecule has 0 aliphatic rings. The van der Waals surface area contributed by atoms with Gasteiger partial charge in [-0.3, -0.25) is 9.52 Å². The maximum atomic E-state index is 13.1. The molecule has 2 N–H and O–H groups in total. The van der Waals surface area contributed by atoms with E-state index in [0.717, 1.165) is 5.56 Å². The quantitative estimate of drug-likeness (QED) is 0.448. The lowest BCUT2D eigenvalue weighted by Gasteiger charge is -2.15. The van der Waals surface area contributed by atoms with E-state index in [4.69, 9.17) is 14.2 Å². The lowest BCUT2D eigenvalue weighted by atomic mass is 10.1. The number of rotatable bonds is 8. The van der Waals surface area contributed by atoms with Crippen molar-refractivity contribution in [2.45, 2.75) is 18.7 Å². The topological polar surface area (TPSA) is 120 Å².